The van der Waals surface area contributed by atoms with Crippen LogP contribution in [0.15, 0.2) is 51.8 Å². The molecule has 0 spiro atoms. The fourth-order valence-corrected chi connectivity index (χ4v) is 3.95. The van der Waals surface area contributed by atoms with Crippen LogP contribution >= 0.6 is 27.7 Å². The number of rotatable bonds is 7. The molecule has 1 aliphatic heterocycles. The molecule has 29 heavy (non-hydrogen) atoms. The van der Waals surface area contributed by atoms with Gasteiger partial charge in [0.25, 0.3) is 16.8 Å². The molecule has 1 heterocycles. The Balaban J connectivity index is 1.88. The topological polar surface area (TPSA) is 89.8 Å². The Morgan fingerprint density at radius 3 is 2.72 bits per heavy atom. The van der Waals surface area contributed by atoms with Gasteiger partial charge in [-0.25, -0.2) is 0 Å². The first-order valence-corrected chi connectivity index (χ1v) is 10.4. The highest BCUT2D eigenvalue weighted by Gasteiger charge is 2.36. The van der Waals surface area contributed by atoms with Crippen molar-refractivity contribution in [3.05, 3.63) is 73.1 Å². The fraction of sp³-hybridized carbons (Fsp3) is 0.200. The van der Waals surface area contributed by atoms with Crippen molar-refractivity contribution in [2.75, 3.05) is 6.61 Å². The Morgan fingerprint density at radius 1 is 1.24 bits per heavy atom. The van der Waals surface area contributed by atoms with Crippen LogP contribution in [0.3, 0.4) is 0 Å². The molecule has 3 rings (SSSR count). The monoisotopic (exact) mass is 476 g/mol. The van der Waals surface area contributed by atoms with E-state index in [0.717, 1.165) is 27.6 Å². The molecule has 7 nitrogen and oxygen atoms in total. The summed E-state index contributed by atoms with van der Waals surface area (Å²) in [5.74, 6) is 0.125. The number of imide groups is 1. The van der Waals surface area contributed by atoms with Gasteiger partial charge in [-0.1, -0.05) is 41.1 Å². The molecular formula is C20H17BrN2O5S. The van der Waals surface area contributed by atoms with Crippen molar-refractivity contribution in [3.63, 3.8) is 0 Å². The minimum Gasteiger partial charge on any atom is -0.493 e. The standard InChI is InChI=1S/C20H17BrN2O5S/c1-2-9-28-17-8-7-15(21)10-14(17)11-18-19(24)22(20(25)29-18)12-13-5-3-4-6-16(13)23(26)27/h3-8,10-11H,2,9,12H2,1H3/b18-11-. The van der Waals surface area contributed by atoms with Gasteiger partial charge in [-0.15, -0.1) is 0 Å². The van der Waals surface area contributed by atoms with Gasteiger partial charge in [0.15, 0.2) is 0 Å². The molecule has 2 amide bonds. The third-order valence-electron chi connectivity index (χ3n) is 4.11. The molecule has 0 radical (unpaired) electrons. The SMILES string of the molecule is CCCOc1ccc(Br)cc1/C=C1\SC(=O)N(Cc2ccccc2[N+](=O)[O-])C1=O. The molecule has 0 saturated carbocycles. The maximum Gasteiger partial charge on any atom is 0.293 e. The summed E-state index contributed by atoms with van der Waals surface area (Å²) in [5.41, 5.74) is 0.845. The highest BCUT2D eigenvalue weighted by atomic mass is 79.9. The average molecular weight is 477 g/mol. The van der Waals surface area contributed by atoms with Crippen LogP contribution in [0, 0.1) is 10.1 Å². The van der Waals surface area contributed by atoms with Crippen LogP contribution in [0.1, 0.15) is 24.5 Å². The molecule has 1 saturated heterocycles. The van der Waals surface area contributed by atoms with Gasteiger partial charge in [0.05, 0.1) is 23.0 Å². The number of amides is 2. The second kappa shape index (κ2) is 9.23. The van der Waals surface area contributed by atoms with Gasteiger partial charge in [-0.05, 0) is 42.5 Å². The number of nitrogens with zero attached hydrogens (tertiary/aromatic N) is 2. The highest BCUT2D eigenvalue weighted by molar-refractivity contribution is 9.10. The molecule has 0 N–H and O–H groups in total. The van der Waals surface area contributed by atoms with E-state index in [1.54, 1.807) is 30.3 Å². The van der Waals surface area contributed by atoms with Gasteiger partial charge >= 0.3 is 0 Å². The van der Waals surface area contributed by atoms with E-state index < -0.39 is 16.1 Å². The van der Waals surface area contributed by atoms with E-state index in [-0.39, 0.29) is 17.1 Å². The average Bonchev–Trinajstić information content (AvgIpc) is 2.95. The number of hydrogen-bond acceptors (Lipinski definition) is 6. The Hall–Kier alpha value is -2.65. The Bertz CT molecular complexity index is 1010. The van der Waals surface area contributed by atoms with Crippen LogP contribution in [0.4, 0.5) is 10.5 Å². The number of hydrogen-bond donors (Lipinski definition) is 0. The molecule has 0 aliphatic carbocycles. The number of para-hydroxylation sites is 1. The van der Waals surface area contributed by atoms with Crippen LogP contribution < -0.4 is 4.74 Å². The molecule has 1 aliphatic rings. The third kappa shape index (κ3) is 4.86. The lowest BCUT2D eigenvalue weighted by molar-refractivity contribution is -0.385. The van der Waals surface area contributed by atoms with E-state index in [1.807, 2.05) is 13.0 Å². The highest BCUT2D eigenvalue weighted by Crippen LogP contribution is 2.36. The maximum absolute atomic E-state index is 12.8. The number of carbonyl (C=O) groups is 2. The minimum absolute atomic E-state index is 0.127. The predicted octanol–water partition coefficient (Wildman–Crippen LogP) is 5.38. The smallest absolute Gasteiger partial charge is 0.293 e. The summed E-state index contributed by atoms with van der Waals surface area (Å²) in [6.07, 6.45) is 2.45. The summed E-state index contributed by atoms with van der Waals surface area (Å²) >= 11 is 4.21. The number of nitro groups is 1. The summed E-state index contributed by atoms with van der Waals surface area (Å²) in [6.45, 7) is 2.37. The minimum atomic E-state index is -0.525. The molecule has 2 aromatic rings. The van der Waals surface area contributed by atoms with Crippen molar-refractivity contribution < 1.29 is 19.2 Å². The number of carbonyl (C=O) groups excluding carboxylic acids is 2. The summed E-state index contributed by atoms with van der Waals surface area (Å²) in [7, 11) is 0. The Morgan fingerprint density at radius 2 is 2.00 bits per heavy atom. The summed E-state index contributed by atoms with van der Waals surface area (Å²) < 4.78 is 6.53. The van der Waals surface area contributed by atoms with E-state index in [4.69, 9.17) is 4.74 Å². The van der Waals surface area contributed by atoms with Crippen LogP contribution in [0.5, 0.6) is 5.75 Å². The quantitative estimate of drug-likeness (QED) is 0.302. The molecule has 0 aromatic heterocycles. The first kappa shape index (κ1) is 21.1. The van der Waals surface area contributed by atoms with Gasteiger partial charge in [0.2, 0.25) is 0 Å². The molecule has 0 atom stereocenters. The first-order valence-electron chi connectivity index (χ1n) is 8.80. The van der Waals surface area contributed by atoms with Crippen molar-refractivity contribution in [2.45, 2.75) is 19.9 Å². The molecule has 0 bridgehead atoms. The normalized spacial score (nSPS) is 15.2. The van der Waals surface area contributed by atoms with E-state index in [9.17, 15) is 19.7 Å². The van der Waals surface area contributed by atoms with Crippen molar-refractivity contribution in [3.8, 4) is 5.75 Å². The van der Waals surface area contributed by atoms with Crippen LogP contribution in [0.25, 0.3) is 6.08 Å². The van der Waals surface area contributed by atoms with Gasteiger partial charge < -0.3 is 4.74 Å². The van der Waals surface area contributed by atoms with Gasteiger partial charge in [0, 0.05) is 21.7 Å². The van der Waals surface area contributed by atoms with E-state index in [0.29, 0.717) is 23.5 Å². The lowest BCUT2D eigenvalue weighted by atomic mass is 10.1. The number of thioether (sulfide) groups is 1. The molecule has 150 valence electrons. The van der Waals surface area contributed by atoms with Crippen molar-refractivity contribution in [2.24, 2.45) is 0 Å². The first-order chi connectivity index (χ1) is 13.9. The van der Waals surface area contributed by atoms with E-state index >= 15 is 0 Å². The van der Waals surface area contributed by atoms with Gasteiger partial charge in [-0.3, -0.25) is 24.6 Å². The van der Waals surface area contributed by atoms with Crippen molar-refractivity contribution in [1.29, 1.82) is 0 Å². The zero-order valence-electron chi connectivity index (χ0n) is 15.5. The zero-order valence-corrected chi connectivity index (χ0v) is 17.9. The van der Waals surface area contributed by atoms with Crippen LogP contribution in [0.2, 0.25) is 0 Å². The molecule has 0 unspecified atom stereocenters. The van der Waals surface area contributed by atoms with Crippen LogP contribution in [-0.2, 0) is 11.3 Å². The van der Waals surface area contributed by atoms with E-state index in [1.165, 1.54) is 12.1 Å². The number of ether oxygens (including phenoxy) is 1. The fourth-order valence-electron chi connectivity index (χ4n) is 2.75. The van der Waals surface area contributed by atoms with Crippen LogP contribution in [-0.4, -0.2) is 27.6 Å². The summed E-state index contributed by atoms with van der Waals surface area (Å²) in [5, 5.41) is 10.7. The summed E-state index contributed by atoms with van der Waals surface area (Å²) in [4.78, 5) is 37.2. The lowest BCUT2D eigenvalue weighted by Crippen LogP contribution is -2.27. The largest absolute Gasteiger partial charge is 0.493 e. The Kier molecular flexibility index (Phi) is 6.71. The number of halogens is 1. The molecule has 2 aromatic carbocycles. The Labute approximate surface area is 180 Å². The molecule has 1 fully saturated rings. The summed E-state index contributed by atoms with van der Waals surface area (Å²) in [6, 6.07) is 11.5. The second-order valence-electron chi connectivity index (χ2n) is 6.18. The lowest BCUT2D eigenvalue weighted by Gasteiger charge is -2.12. The third-order valence-corrected chi connectivity index (χ3v) is 5.51. The van der Waals surface area contributed by atoms with E-state index in [2.05, 4.69) is 15.9 Å². The maximum atomic E-state index is 12.8. The predicted molar refractivity (Wildman–Crippen MR) is 115 cm³/mol. The number of nitro benzene ring substituents is 1. The zero-order chi connectivity index (χ0) is 21.0. The second-order valence-corrected chi connectivity index (χ2v) is 8.09. The van der Waals surface area contributed by atoms with Gasteiger partial charge in [-0.2, -0.15) is 0 Å². The molecule has 9 heteroatoms. The number of benzene rings is 2. The van der Waals surface area contributed by atoms with Crippen molar-refractivity contribution in [1.82, 2.24) is 4.90 Å². The van der Waals surface area contributed by atoms with Gasteiger partial charge in [0.1, 0.15) is 5.75 Å². The van der Waals surface area contributed by atoms with Crippen molar-refractivity contribution >= 4 is 50.6 Å². The molecular weight excluding hydrogens is 460 g/mol.